The second-order valence-corrected chi connectivity index (χ2v) is 4.11. The summed E-state index contributed by atoms with van der Waals surface area (Å²) in [6.07, 6.45) is 1.35. The highest BCUT2D eigenvalue weighted by molar-refractivity contribution is 5.86. The smallest absolute Gasteiger partial charge is 0.375 e. The lowest BCUT2D eigenvalue weighted by Gasteiger charge is -2.18. The first kappa shape index (κ1) is 12.5. The molecular formula is C14H13NO5. The molecule has 1 aromatic heterocycles. The van der Waals surface area contributed by atoms with E-state index in [1.807, 2.05) is 0 Å². The van der Waals surface area contributed by atoms with Gasteiger partial charge in [-0.3, -0.25) is 0 Å². The maximum Gasteiger partial charge on any atom is 0.375 e. The van der Waals surface area contributed by atoms with Gasteiger partial charge in [-0.2, -0.15) is 0 Å². The van der Waals surface area contributed by atoms with Crippen LogP contribution >= 0.6 is 0 Å². The third-order valence-electron chi connectivity index (χ3n) is 2.77. The van der Waals surface area contributed by atoms with Gasteiger partial charge in [-0.05, 0) is 25.1 Å². The summed E-state index contributed by atoms with van der Waals surface area (Å²) in [6, 6.07) is 5.36. The van der Waals surface area contributed by atoms with Crippen molar-refractivity contribution >= 4 is 5.97 Å². The van der Waals surface area contributed by atoms with Gasteiger partial charge in [0.2, 0.25) is 11.7 Å². The van der Waals surface area contributed by atoms with Crippen molar-refractivity contribution in [1.82, 2.24) is 4.98 Å². The molecule has 0 N–H and O–H groups in total. The Morgan fingerprint density at radius 1 is 1.30 bits per heavy atom. The fourth-order valence-corrected chi connectivity index (χ4v) is 1.88. The Balaban J connectivity index is 1.87. The molecule has 0 aliphatic carbocycles. The second kappa shape index (κ2) is 5.24. The molecule has 1 aliphatic rings. The molecule has 0 bridgehead atoms. The number of rotatable bonds is 3. The SMILES string of the molecule is CCOC(=O)c1cnc(-c2ccc3c(c2)OCCO3)o1. The monoisotopic (exact) mass is 275 g/mol. The van der Waals surface area contributed by atoms with Gasteiger partial charge >= 0.3 is 5.97 Å². The van der Waals surface area contributed by atoms with Gasteiger partial charge in [-0.1, -0.05) is 0 Å². The summed E-state index contributed by atoms with van der Waals surface area (Å²) in [5, 5.41) is 0. The molecule has 0 saturated heterocycles. The Kier molecular flexibility index (Phi) is 3.28. The van der Waals surface area contributed by atoms with Crippen molar-refractivity contribution in [3.8, 4) is 23.0 Å². The van der Waals surface area contributed by atoms with Crippen LogP contribution in [0.1, 0.15) is 17.5 Å². The first-order chi connectivity index (χ1) is 9.78. The van der Waals surface area contributed by atoms with E-state index in [2.05, 4.69) is 4.98 Å². The summed E-state index contributed by atoms with van der Waals surface area (Å²) >= 11 is 0. The minimum absolute atomic E-state index is 0.0803. The van der Waals surface area contributed by atoms with E-state index in [9.17, 15) is 4.79 Å². The molecule has 6 heteroatoms. The van der Waals surface area contributed by atoms with E-state index in [1.165, 1.54) is 6.20 Å². The van der Waals surface area contributed by atoms with Crippen LogP contribution in [0.5, 0.6) is 11.5 Å². The van der Waals surface area contributed by atoms with Gasteiger partial charge in [-0.15, -0.1) is 0 Å². The minimum Gasteiger partial charge on any atom is -0.486 e. The largest absolute Gasteiger partial charge is 0.486 e. The van der Waals surface area contributed by atoms with E-state index >= 15 is 0 Å². The lowest BCUT2D eigenvalue weighted by Crippen LogP contribution is -2.15. The standard InChI is InChI=1S/C14H13NO5/c1-2-17-14(16)12-8-15-13(20-12)9-3-4-10-11(7-9)19-6-5-18-10/h3-4,7-8H,2,5-6H2,1H3. The van der Waals surface area contributed by atoms with E-state index in [0.717, 1.165) is 0 Å². The summed E-state index contributed by atoms with van der Waals surface area (Å²) in [5.41, 5.74) is 0.713. The zero-order valence-electron chi connectivity index (χ0n) is 10.9. The van der Waals surface area contributed by atoms with Crippen LogP contribution in [-0.2, 0) is 4.74 Å². The van der Waals surface area contributed by atoms with Gasteiger partial charge in [0.05, 0.1) is 12.8 Å². The van der Waals surface area contributed by atoms with Crippen LogP contribution in [0.25, 0.3) is 11.5 Å². The highest BCUT2D eigenvalue weighted by Crippen LogP contribution is 2.34. The number of fused-ring (bicyclic) bond motifs is 1. The first-order valence-electron chi connectivity index (χ1n) is 6.31. The number of benzene rings is 1. The highest BCUT2D eigenvalue weighted by atomic mass is 16.6. The van der Waals surface area contributed by atoms with E-state index in [1.54, 1.807) is 25.1 Å². The van der Waals surface area contributed by atoms with Crippen LogP contribution in [-0.4, -0.2) is 30.8 Å². The van der Waals surface area contributed by atoms with Crippen LogP contribution in [0.2, 0.25) is 0 Å². The Labute approximate surface area is 115 Å². The number of nitrogens with zero attached hydrogens (tertiary/aromatic N) is 1. The summed E-state index contributed by atoms with van der Waals surface area (Å²) in [7, 11) is 0. The second-order valence-electron chi connectivity index (χ2n) is 4.11. The number of aromatic nitrogens is 1. The molecule has 0 spiro atoms. The number of oxazole rings is 1. The molecule has 104 valence electrons. The van der Waals surface area contributed by atoms with Crippen molar-refractivity contribution in [3.05, 3.63) is 30.2 Å². The van der Waals surface area contributed by atoms with Gasteiger partial charge < -0.3 is 18.6 Å². The average Bonchev–Trinajstić information content (AvgIpc) is 2.97. The van der Waals surface area contributed by atoms with Crippen molar-refractivity contribution in [2.45, 2.75) is 6.92 Å². The molecule has 2 aromatic rings. The van der Waals surface area contributed by atoms with Crippen LogP contribution in [0, 0.1) is 0 Å². The Morgan fingerprint density at radius 2 is 2.10 bits per heavy atom. The van der Waals surface area contributed by atoms with Crippen molar-refractivity contribution in [3.63, 3.8) is 0 Å². The van der Waals surface area contributed by atoms with E-state index in [-0.39, 0.29) is 5.76 Å². The number of hydrogen-bond donors (Lipinski definition) is 0. The quantitative estimate of drug-likeness (QED) is 0.800. The summed E-state index contributed by atoms with van der Waals surface area (Å²) in [4.78, 5) is 15.6. The molecule has 0 atom stereocenters. The topological polar surface area (TPSA) is 70.8 Å². The molecule has 0 fully saturated rings. The zero-order chi connectivity index (χ0) is 13.9. The first-order valence-corrected chi connectivity index (χ1v) is 6.31. The minimum atomic E-state index is -0.524. The molecule has 1 aliphatic heterocycles. The lowest BCUT2D eigenvalue weighted by molar-refractivity contribution is 0.0491. The molecule has 20 heavy (non-hydrogen) atoms. The molecular weight excluding hydrogens is 262 g/mol. The molecule has 0 radical (unpaired) electrons. The van der Waals surface area contributed by atoms with Crippen LogP contribution in [0.3, 0.4) is 0 Å². The predicted octanol–water partition coefficient (Wildman–Crippen LogP) is 2.29. The number of hydrogen-bond acceptors (Lipinski definition) is 6. The molecule has 6 nitrogen and oxygen atoms in total. The molecule has 3 rings (SSSR count). The number of carbonyl (C=O) groups is 1. The van der Waals surface area contributed by atoms with E-state index in [0.29, 0.717) is 42.8 Å². The Hall–Kier alpha value is -2.50. The normalized spacial score (nSPS) is 13.1. The van der Waals surface area contributed by atoms with Crippen molar-refractivity contribution in [2.24, 2.45) is 0 Å². The maximum atomic E-state index is 11.5. The molecule has 2 heterocycles. The van der Waals surface area contributed by atoms with Gasteiger partial charge in [0.1, 0.15) is 13.2 Å². The molecule has 0 saturated carbocycles. The molecule has 0 unspecified atom stereocenters. The van der Waals surface area contributed by atoms with Gasteiger partial charge in [0.15, 0.2) is 11.5 Å². The van der Waals surface area contributed by atoms with Crippen LogP contribution < -0.4 is 9.47 Å². The molecule has 0 amide bonds. The van der Waals surface area contributed by atoms with Gasteiger partial charge in [0, 0.05) is 5.56 Å². The Bertz CT molecular complexity index is 634. The zero-order valence-corrected chi connectivity index (χ0v) is 10.9. The van der Waals surface area contributed by atoms with E-state index < -0.39 is 5.97 Å². The van der Waals surface area contributed by atoms with Crippen LogP contribution in [0.15, 0.2) is 28.8 Å². The maximum absolute atomic E-state index is 11.5. The third kappa shape index (κ3) is 2.32. The van der Waals surface area contributed by atoms with Crippen molar-refractivity contribution in [1.29, 1.82) is 0 Å². The summed E-state index contributed by atoms with van der Waals surface area (Å²) < 4.78 is 21.2. The van der Waals surface area contributed by atoms with Crippen molar-refractivity contribution < 1.29 is 23.4 Å². The van der Waals surface area contributed by atoms with Crippen molar-refractivity contribution in [2.75, 3.05) is 19.8 Å². The lowest BCUT2D eigenvalue weighted by atomic mass is 10.2. The van der Waals surface area contributed by atoms with Gasteiger partial charge in [-0.25, -0.2) is 9.78 Å². The summed E-state index contributed by atoms with van der Waals surface area (Å²) in [6.45, 7) is 3.07. The van der Waals surface area contributed by atoms with Gasteiger partial charge in [0.25, 0.3) is 0 Å². The third-order valence-corrected chi connectivity index (χ3v) is 2.77. The Morgan fingerprint density at radius 3 is 2.90 bits per heavy atom. The fraction of sp³-hybridized carbons (Fsp3) is 0.286. The fourth-order valence-electron chi connectivity index (χ4n) is 1.88. The number of esters is 1. The predicted molar refractivity (Wildman–Crippen MR) is 68.9 cm³/mol. The van der Waals surface area contributed by atoms with Crippen LogP contribution in [0.4, 0.5) is 0 Å². The number of ether oxygens (including phenoxy) is 3. The average molecular weight is 275 g/mol. The summed E-state index contributed by atoms with van der Waals surface area (Å²) in [5.74, 6) is 1.23. The molecule has 1 aromatic carbocycles. The number of carbonyl (C=O) groups excluding carboxylic acids is 1. The van der Waals surface area contributed by atoms with E-state index in [4.69, 9.17) is 18.6 Å². The highest BCUT2D eigenvalue weighted by Gasteiger charge is 2.17.